The molecule has 3 N–H and O–H groups in total. The summed E-state index contributed by atoms with van der Waals surface area (Å²) in [7, 11) is 0. The molecule has 2 aromatic rings. The van der Waals surface area contributed by atoms with E-state index in [1.165, 1.54) is 0 Å². The molecule has 1 aromatic carbocycles. The molecule has 26 heavy (non-hydrogen) atoms. The number of carbonyl (C=O) groups excluding carboxylic acids is 1. The van der Waals surface area contributed by atoms with E-state index in [0.717, 1.165) is 22.6 Å². The first-order chi connectivity index (χ1) is 12.6. The number of nitrogens with two attached hydrogens (primary N) is 1. The van der Waals surface area contributed by atoms with E-state index in [1.54, 1.807) is 12.1 Å². The van der Waals surface area contributed by atoms with Gasteiger partial charge >= 0.3 is 0 Å². The fraction of sp³-hybridized carbons (Fsp3) is 0.474. The summed E-state index contributed by atoms with van der Waals surface area (Å²) in [6.45, 7) is 5.63. The predicted octanol–water partition coefficient (Wildman–Crippen LogP) is 1.85. The van der Waals surface area contributed by atoms with Gasteiger partial charge in [0.05, 0.1) is 24.9 Å². The second kappa shape index (κ2) is 8.44. The number of carbonyl (C=O) groups is 1. The number of amides is 1. The lowest BCUT2D eigenvalue weighted by Gasteiger charge is -2.32. The number of hydrogen-bond acceptors (Lipinski definition) is 6. The highest BCUT2D eigenvalue weighted by Gasteiger charge is 2.29. The van der Waals surface area contributed by atoms with Crippen molar-refractivity contribution in [1.29, 1.82) is 0 Å². The van der Waals surface area contributed by atoms with Crippen molar-refractivity contribution in [2.45, 2.75) is 45.6 Å². The number of aromatic nitrogens is 1. The van der Waals surface area contributed by atoms with Gasteiger partial charge in [-0.1, -0.05) is 17.3 Å². The third-order valence-corrected chi connectivity index (χ3v) is 4.70. The molecule has 1 saturated heterocycles. The molecule has 0 spiro atoms. The van der Waals surface area contributed by atoms with Gasteiger partial charge in [-0.15, -0.1) is 0 Å². The van der Waals surface area contributed by atoms with Crippen LogP contribution in [0.5, 0.6) is 0 Å². The Labute approximate surface area is 152 Å². The molecule has 0 radical (unpaired) electrons. The number of nitrogens with one attached hydrogen (secondary N) is 1. The van der Waals surface area contributed by atoms with E-state index in [4.69, 9.17) is 19.7 Å². The van der Waals surface area contributed by atoms with Crippen molar-refractivity contribution in [3.05, 3.63) is 52.4 Å². The van der Waals surface area contributed by atoms with Gasteiger partial charge < -0.3 is 25.0 Å². The quantitative estimate of drug-likeness (QED) is 0.817. The zero-order valence-electron chi connectivity index (χ0n) is 15.2. The maximum atomic E-state index is 12.5. The average molecular weight is 359 g/mol. The van der Waals surface area contributed by atoms with Crippen LogP contribution < -0.4 is 11.1 Å². The van der Waals surface area contributed by atoms with E-state index in [0.29, 0.717) is 38.3 Å². The molecule has 0 saturated carbocycles. The molecule has 1 aliphatic rings. The topological polar surface area (TPSA) is 99.6 Å². The summed E-state index contributed by atoms with van der Waals surface area (Å²) in [4.78, 5) is 12.5. The molecule has 1 aliphatic heterocycles. The number of hydrogen-bond donors (Lipinski definition) is 2. The van der Waals surface area contributed by atoms with E-state index in [1.807, 2.05) is 26.0 Å². The lowest BCUT2D eigenvalue weighted by molar-refractivity contribution is -0.0739. The van der Waals surface area contributed by atoms with Crippen molar-refractivity contribution >= 4 is 5.91 Å². The first-order valence-electron chi connectivity index (χ1n) is 8.79. The zero-order valence-corrected chi connectivity index (χ0v) is 15.2. The third kappa shape index (κ3) is 4.30. The number of rotatable bonds is 6. The molecule has 3 rings (SSSR count). The van der Waals surface area contributed by atoms with Crippen LogP contribution in [0.2, 0.25) is 0 Å². The molecule has 2 heterocycles. The molecule has 1 aromatic heterocycles. The Kier molecular flexibility index (Phi) is 6.03. The van der Waals surface area contributed by atoms with E-state index < -0.39 is 0 Å². The van der Waals surface area contributed by atoms with Gasteiger partial charge in [-0.05, 0) is 38.0 Å². The fourth-order valence-electron chi connectivity index (χ4n) is 2.98. The second-order valence-corrected chi connectivity index (χ2v) is 6.50. The molecule has 140 valence electrons. The highest BCUT2D eigenvalue weighted by molar-refractivity contribution is 5.94. The largest absolute Gasteiger partial charge is 0.379 e. The van der Waals surface area contributed by atoms with Crippen molar-refractivity contribution in [1.82, 2.24) is 10.5 Å². The second-order valence-electron chi connectivity index (χ2n) is 6.50. The number of benzene rings is 1. The van der Waals surface area contributed by atoms with Crippen LogP contribution in [0.15, 0.2) is 28.8 Å². The summed E-state index contributed by atoms with van der Waals surface area (Å²) in [5.74, 6) is 0.631. The minimum Gasteiger partial charge on any atom is -0.379 e. The van der Waals surface area contributed by atoms with Gasteiger partial charge in [-0.3, -0.25) is 4.79 Å². The van der Waals surface area contributed by atoms with E-state index in [2.05, 4.69) is 10.5 Å². The smallest absolute Gasteiger partial charge is 0.251 e. The van der Waals surface area contributed by atoms with Crippen LogP contribution in [-0.4, -0.2) is 36.4 Å². The summed E-state index contributed by atoms with van der Waals surface area (Å²) in [6.07, 6.45) is 0.489. The summed E-state index contributed by atoms with van der Waals surface area (Å²) in [6, 6.07) is 7.20. The lowest BCUT2D eigenvalue weighted by Crippen LogP contribution is -2.50. The molecule has 0 aliphatic carbocycles. The molecular formula is C19H25N3O4. The third-order valence-electron chi connectivity index (χ3n) is 4.70. The van der Waals surface area contributed by atoms with Gasteiger partial charge in [0, 0.05) is 24.3 Å². The van der Waals surface area contributed by atoms with E-state index >= 15 is 0 Å². The monoisotopic (exact) mass is 359 g/mol. The Balaban J connectivity index is 1.61. The zero-order chi connectivity index (χ0) is 18.5. The molecule has 1 amide bonds. The normalized spacial score (nSPS) is 20.1. The Morgan fingerprint density at radius 3 is 2.77 bits per heavy atom. The van der Waals surface area contributed by atoms with E-state index in [-0.39, 0.29) is 18.1 Å². The maximum absolute atomic E-state index is 12.5. The van der Waals surface area contributed by atoms with Crippen molar-refractivity contribution < 1.29 is 18.8 Å². The summed E-state index contributed by atoms with van der Waals surface area (Å²) in [5.41, 5.74) is 8.96. The van der Waals surface area contributed by atoms with Crippen molar-refractivity contribution in [3.8, 4) is 0 Å². The molecule has 7 heteroatoms. The van der Waals surface area contributed by atoms with E-state index in [9.17, 15) is 4.79 Å². The Bertz CT molecular complexity index is 722. The first-order valence-corrected chi connectivity index (χ1v) is 8.79. The summed E-state index contributed by atoms with van der Waals surface area (Å²) in [5, 5.41) is 7.00. The predicted molar refractivity (Wildman–Crippen MR) is 95.6 cm³/mol. The minimum atomic E-state index is -0.218. The minimum absolute atomic E-state index is 0.106. The Morgan fingerprint density at radius 2 is 2.12 bits per heavy atom. The fourth-order valence-corrected chi connectivity index (χ4v) is 2.98. The number of ether oxygens (including phenoxy) is 2. The highest BCUT2D eigenvalue weighted by Crippen LogP contribution is 2.18. The van der Waals surface area contributed by atoms with Gasteiger partial charge in [-0.25, -0.2) is 0 Å². The van der Waals surface area contributed by atoms with Gasteiger partial charge in [0.2, 0.25) is 0 Å². The summed E-state index contributed by atoms with van der Waals surface area (Å²) < 4.78 is 16.7. The SMILES string of the molecule is Cc1noc(C)c1CO[C@@H]1COCC[C@H]1NC(=O)c1ccc(CN)cc1. The molecule has 2 atom stereocenters. The van der Waals surface area contributed by atoms with Gasteiger partial charge in [-0.2, -0.15) is 0 Å². The first kappa shape index (κ1) is 18.6. The van der Waals surface area contributed by atoms with Gasteiger partial charge in [0.25, 0.3) is 5.91 Å². The molecule has 7 nitrogen and oxygen atoms in total. The number of nitrogens with zero attached hydrogens (tertiary/aromatic N) is 1. The Morgan fingerprint density at radius 1 is 1.35 bits per heavy atom. The van der Waals surface area contributed by atoms with Crippen LogP contribution >= 0.6 is 0 Å². The van der Waals surface area contributed by atoms with Crippen LogP contribution in [0.25, 0.3) is 0 Å². The van der Waals surface area contributed by atoms with Crippen LogP contribution in [0.1, 0.15) is 39.4 Å². The molecular weight excluding hydrogens is 334 g/mol. The molecule has 1 fully saturated rings. The highest BCUT2D eigenvalue weighted by atomic mass is 16.5. The van der Waals surface area contributed by atoms with Gasteiger partial charge in [0.15, 0.2) is 0 Å². The van der Waals surface area contributed by atoms with Gasteiger partial charge in [0.1, 0.15) is 11.9 Å². The maximum Gasteiger partial charge on any atom is 0.251 e. The molecule has 0 unspecified atom stereocenters. The standard InChI is InChI=1S/C19H25N3O4/c1-12-16(13(2)26-22-12)10-25-18-11-24-8-7-17(18)21-19(23)15-5-3-14(9-20)4-6-15/h3-6,17-18H,7-11,20H2,1-2H3,(H,21,23)/t17-,18-/m1/s1. The lowest BCUT2D eigenvalue weighted by atomic mass is 10.0. The average Bonchev–Trinajstić information content (AvgIpc) is 2.99. The van der Waals surface area contributed by atoms with Crippen molar-refractivity contribution in [2.24, 2.45) is 5.73 Å². The van der Waals surface area contributed by atoms with Crippen molar-refractivity contribution in [3.63, 3.8) is 0 Å². The van der Waals surface area contributed by atoms with Crippen molar-refractivity contribution in [2.75, 3.05) is 13.2 Å². The van der Waals surface area contributed by atoms with Crippen LogP contribution in [0, 0.1) is 13.8 Å². The van der Waals surface area contributed by atoms with Crippen LogP contribution in [0.4, 0.5) is 0 Å². The van der Waals surface area contributed by atoms with Crippen LogP contribution in [0.3, 0.4) is 0 Å². The van der Waals surface area contributed by atoms with Crippen LogP contribution in [-0.2, 0) is 22.6 Å². The number of aryl methyl sites for hydroxylation is 2. The summed E-state index contributed by atoms with van der Waals surface area (Å²) >= 11 is 0. The molecule has 0 bridgehead atoms. The Hall–Kier alpha value is -2.22.